The number of rotatable bonds is 13. The van der Waals surface area contributed by atoms with Crippen molar-refractivity contribution in [2.75, 3.05) is 40.0 Å². The van der Waals surface area contributed by atoms with E-state index in [1.807, 2.05) is 13.8 Å². The van der Waals surface area contributed by atoms with Crippen LogP contribution in [0.25, 0.3) is 0 Å². The molecule has 3 fully saturated rings. The molecule has 0 radical (unpaired) electrons. The topological polar surface area (TPSA) is 263 Å². The summed E-state index contributed by atoms with van der Waals surface area (Å²) in [4.78, 5) is 0. The second-order valence-electron chi connectivity index (χ2n) is 13.1. The molecule has 1 aliphatic carbocycles. The summed E-state index contributed by atoms with van der Waals surface area (Å²) in [6, 6.07) is -3.53. The third kappa shape index (κ3) is 8.16. The van der Waals surface area contributed by atoms with E-state index in [-0.39, 0.29) is 39.0 Å². The average Bonchev–Trinajstić information content (AvgIpc) is 2.94. The van der Waals surface area contributed by atoms with Gasteiger partial charge >= 0.3 is 0 Å². The van der Waals surface area contributed by atoms with Crippen molar-refractivity contribution in [3.63, 3.8) is 0 Å². The summed E-state index contributed by atoms with van der Waals surface area (Å²) >= 11 is 0. The standard InChI is InChI=1S/C27H56N6O9/c1-26(2,32-8-13(28)9-34)18-6-5-15(29)22(41-18)19-16(30)7-17(33-14(10-35)11-36)23(20(19)37)42-25-21(38)24(31-4)27(3,39)12-40-25/h13-25,31-39H,5-12,28-30H2,1-4H3/t13?,15-,16+,17-,18+,19?,20+,21-,22+,23+,24-,25-,27+/m1/s1. The Kier molecular flexibility index (Phi) is 12.9. The van der Waals surface area contributed by atoms with Gasteiger partial charge in [-0.15, -0.1) is 0 Å². The van der Waals surface area contributed by atoms with Crippen LogP contribution < -0.4 is 33.2 Å². The van der Waals surface area contributed by atoms with E-state index in [0.29, 0.717) is 19.4 Å². The Morgan fingerprint density at radius 3 is 2.31 bits per heavy atom. The van der Waals surface area contributed by atoms with Gasteiger partial charge in [0, 0.05) is 42.2 Å². The van der Waals surface area contributed by atoms with E-state index < -0.39 is 84.0 Å². The fourth-order valence-corrected chi connectivity index (χ4v) is 6.60. The zero-order valence-corrected chi connectivity index (χ0v) is 25.3. The number of aliphatic hydroxyl groups is 6. The van der Waals surface area contributed by atoms with E-state index in [2.05, 4.69) is 16.0 Å². The van der Waals surface area contributed by atoms with Gasteiger partial charge in [-0.2, -0.15) is 0 Å². The Bertz CT molecular complexity index is 825. The minimum atomic E-state index is -1.36. The fraction of sp³-hybridized carbons (Fsp3) is 1.00. The molecule has 0 amide bonds. The maximum atomic E-state index is 11.9. The number of hydrogen-bond acceptors (Lipinski definition) is 15. The smallest absolute Gasteiger partial charge is 0.185 e. The molecule has 0 aromatic heterocycles. The maximum absolute atomic E-state index is 11.9. The predicted octanol–water partition coefficient (Wildman–Crippen LogP) is -4.99. The number of likely N-dealkylation sites (N-methyl/N-ethyl adjacent to an activating group) is 1. The zero-order valence-electron chi connectivity index (χ0n) is 25.3. The molecule has 1 saturated carbocycles. The SMILES string of the molecule is CN[C@@H]1[C@@H](O)[C@@H](O[C@H]2[C@H](NC(CO)CO)C[C@H](N)C([C@H]3O[C@H](C(C)(C)NCC(N)CO)CC[C@H]3N)[C@@H]2O)OC[C@]1(C)O. The summed E-state index contributed by atoms with van der Waals surface area (Å²) in [5.74, 6) is -0.660. The number of hydrogen-bond donors (Lipinski definition) is 12. The normalized spacial score (nSPS) is 42.6. The summed E-state index contributed by atoms with van der Waals surface area (Å²) < 4.78 is 18.6. The first-order valence-electron chi connectivity index (χ1n) is 15.0. The number of nitrogens with two attached hydrogens (primary N) is 3. The lowest BCUT2D eigenvalue weighted by molar-refractivity contribution is -0.299. The van der Waals surface area contributed by atoms with Gasteiger partial charge in [0.1, 0.15) is 17.8 Å². The van der Waals surface area contributed by atoms with Crippen LogP contribution in [0, 0.1) is 5.92 Å². The van der Waals surface area contributed by atoms with E-state index in [1.54, 1.807) is 14.0 Å². The molecule has 15 N–H and O–H groups in total. The van der Waals surface area contributed by atoms with E-state index in [0.717, 1.165) is 0 Å². The molecule has 3 aliphatic rings. The molecule has 248 valence electrons. The summed E-state index contributed by atoms with van der Waals surface area (Å²) in [5.41, 5.74) is 17.3. The number of nitrogens with one attached hydrogen (secondary N) is 3. The van der Waals surface area contributed by atoms with E-state index in [4.69, 9.17) is 31.4 Å². The maximum Gasteiger partial charge on any atom is 0.185 e. The summed E-state index contributed by atoms with van der Waals surface area (Å²) in [7, 11) is 1.61. The quantitative estimate of drug-likeness (QED) is 0.0934. The Labute approximate surface area is 248 Å². The highest BCUT2D eigenvalue weighted by Gasteiger charge is 2.54. The van der Waals surface area contributed by atoms with Crippen molar-refractivity contribution in [2.45, 2.75) is 124 Å². The van der Waals surface area contributed by atoms with Crippen LogP contribution in [0.1, 0.15) is 40.0 Å². The van der Waals surface area contributed by atoms with E-state index in [1.165, 1.54) is 0 Å². The second kappa shape index (κ2) is 15.1. The molecule has 15 heteroatoms. The molecule has 0 bridgehead atoms. The summed E-state index contributed by atoms with van der Waals surface area (Å²) in [5, 5.41) is 71.8. The van der Waals surface area contributed by atoms with Gasteiger partial charge in [0.05, 0.1) is 56.8 Å². The third-order valence-electron chi connectivity index (χ3n) is 9.22. The van der Waals surface area contributed by atoms with Crippen LogP contribution in [0.3, 0.4) is 0 Å². The monoisotopic (exact) mass is 608 g/mol. The first kappa shape index (κ1) is 35.9. The Morgan fingerprint density at radius 2 is 1.71 bits per heavy atom. The molecular weight excluding hydrogens is 552 g/mol. The van der Waals surface area contributed by atoms with Crippen LogP contribution >= 0.6 is 0 Å². The molecule has 0 spiro atoms. The van der Waals surface area contributed by atoms with Gasteiger partial charge in [-0.1, -0.05) is 0 Å². The number of aliphatic hydroxyl groups excluding tert-OH is 5. The zero-order chi connectivity index (χ0) is 31.4. The Morgan fingerprint density at radius 1 is 1.05 bits per heavy atom. The van der Waals surface area contributed by atoms with Crippen LogP contribution in [0.2, 0.25) is 0 Å². The van der Waals surface area contributed by atoms with Gasteiger partial charge < -0.3 is 78.0 Å². The Balaban J connectivity index is 1.85. The molecule has 0 aromatic carbocycles. The first-order chi connectivity index (χ1) is 19.7. The van der Waals surface area contributed by atoms with Crippen LogP contribution in [-0.2, 0) is 14.2 Å². The third-order valence-corrected chi connectivity index (χ3v) is 9.22. The molecule has 13 atom stereocenters. The lowest BCUT2D eigenvalue weighted by Gasteiger charge is -2.52. The summed E-state index contributed by atoms with van der Waals surface area (Å²) in [6.07, 6.45) is -4.07. The molecule has 2 heterocycles. The van der Waals surface area contributed by atoms with Crippen molar-refractivity contribution in [3.8, 4) is 0 Å². The van der Waals surface area contributed by atoms with Crippen LogP contribution in [0.4, 0.5) is 0 Å². The number of ether oxygens (including phenoxy) is 3. The minimum Gasteiger partial charge on any atom is -0.395 e. The molecule has 42 heavy (non-hydrogen) atoms. The molecular formula is C27H56N6O9. The van der Waals surface area contributed by atoms with Gasteiger partial charge in [0.2, 0.25) is 0 Å². The van der Waals surface area contributed by atoms with Crippen molar-refractivity contribution in [3.05, 3.63) is 0 Å². The molecule has 2 aliphatic heterocycles. The van der Waals surface area contributed by atoms with Crippen molar-refractivity contribution in [1.29, 1.82) is 0 Å². The van der Waals surface area contributed by atoms with E-state index in [9.17, 15) is 30.6 Å². The van der Waals surface area contributed by atoms with Crippen LogP contribution in [-0.4, -0.2) is 155 Å². The van der Waals surface area contributed by atoms with Gasteiger partial charge in [-0.05, 0) is 47.1 Å². The molecule has 3 rings (SSSR count). The van der Waals surface area contributed by atoms with Gasteiger partial charge in [0.25, 0.3) is 0 Å². The lowest BCUT2D eigenvalue weighted by Crippen LogP contribution is -2.70. The van der Waals surface area contributed by atoms with Crippen molar-refractivity contribution >= 4 is 0 Å². The fourth-order valence-electron chi connectivity index (χ4n) is 6.60. The van der Waals surface area contributed by atoms with E-state index >= 15 is 0 Å². The molecule has 0 aromatic rings. The lowest BCUT2D eigenvalue weighted by atomic mass is 9.71. The highest BCUT2D eigenvalue weighted by Crippen LogP contribution is 2.38. The predicted molar refractivity (Wildman–Crippen MR) is 154 cm³/mol. The largest absolute Gasteiger partial charge is 0.395 e. The second-order valence-corrected chi connectivity index (χ2v) is 13.1. The first-order valence-corrected chi connectivity index (χ1v) is 15.0. The van der Waals surface area contributed by atoms with Crippen LogP contribution in [0.15, 0.2) is 0 Å². The van der Waals surface area contributed by atoms with Crippen molar-refractivity contribution in [2.24, 2.45) is 23.1 Å². The molecule has 2 saturated heterocycles. The van der Waals surface area contributed by atoms with Crippen molar-refractivity contribution < 1.29 is 44.8 Å². The molecule has 15 nitrogen and oxygen atoms in total. The highest BCUT2D eigenvalue weighted by molar-refractivity contribution is 5.07. The molecule has 2 unspecified atom stereocenters. The van der Waals surface area contributed by atoms with Gasteiger partial charge in [0.15, 0.2) is 6.29 Å². The Hall–Kier alpha value is -0.600. The summed E-state index contributed by atoms with van der Waals surface area (Å²) in [6.45, 7) is 4.90. The van der Waals surface area contributed by atoms with Crippen molar-refractivity contribution in [1.82, 2.24) is 16.0 Å². The van der Waals surface area contributed by atoms with Gasteiger partial charge in [-0.25, -0.2) is 0 Å². The van der Waals surface area contributed by atoms with Crippen LogP contribution in [0.5, 0.6) is 0 Å². The average molecular weight is 609 g/mol. The van der Waals surface area contributed by atoms with Gasteiger partial charge in [-0.3, -0.25) is 0 Å². The highest BCUT2D eigenvalue weighted by atomic mass is 16.7. The minimum absolute atomic E-state index is 0.125.